The number of rotatable bonds is 4. The van der Waals surface area contributed by atoms with Gasteiger partial charge >= 0.3 is 6.03 Å². The molecule has 5 heteroatoms. The zero-order valence-corrected chi connectivity index (χ0v) is 12.4. The highest BCUT2D eigenvalue weighted by atomic mass is 35.5. The van der Waals surface area contributed by atoms with Gasteiger partial charge in [-0.1, -0.05) is 36.6 Å². The Morgan fingerprint density at radius 2 is 1.95 bits per heavy atom. The Balaban J connectivity index is 1.92. The average Bonchev–Trinajstić information content (AvgIpc) is 2.88. The minimum Gasteiger partial charge on any atom is -0.394 e. The molecule has 0 bridgehead atoms. The normalized spacial score (nSPS) is 18.6. The molecule has 0 radical (unpaired) electrons. The molecule has 3 N–H and O–H groups in total. The summed E-state index contributed by atoms with van der Waals surface area (Å²) in [6.07, 6.45) is 3.78. The first-order chi connectivity index (χ1) is 9.54. The summed E-state index contributed by atoms with van der Waals surface area (Å²) < 4.78 is 0. The summed E-state index contributed by atoms with van der Waals surface area (Å²) >= 11 is 5.85. The second-order valence-electron chi connectivity index (χ2n) is 5.52. The molecule has 2 rings (SSSR count). The fraction of sp³-hybridized carbons (Fsp3) is 0.533. The van der Waals surface area contributed by atoms with Gasteiger partial charge in [0, 0.05) is 5.02 Å². The van der Waals surface area contributed by atoms with Gasteiger partial charge in [-0.2, -0.15) is 0 Å². The Labute approximate surface area is 124 Å². The third-order valence-corrected chi connectivity index (χ3v) is 4.21. The van der Waals surface area contributed by atoms with Crippen molar-refractivity contribution >= 4 is 17.6 Å². The van der Waals surface area contributed by atoms with E-state index < -0.39 is 5.54 Å². The molecule has 1 atom stereocenters. The van der Waals surface area contributed by atoms with Crippen molar-refractivity contribution in [3.63, 3.8) is 0 Å². The topological polar surface area (TPSA) is 61.4 Å². The fourth-order valence-electron chi connectivity index (χ4n) is 2.68. The lowest BCUT2D eigenvalue weighted by Crippen LogP contribution is -2.53. The van der Waals surface area contributed by atoms with Crippen LogP contribution in [0.15, 0.2) is 24.3 Å². The molecule has 20 heavy (non-hydrogen) atoms. The van der Waals surface area contributed by atoms with Crippen LogP contribution in [-0.2, 0) is 0 Å². The second kappa shape index (κ2) is 6.46. The van der Waals surface area contributed by atoms with Crippen LogP contribution in [-0.4, -0.2) is 23.3 Å². The summed E-state index contributed by atoms with van der Waals surface area (Å²) in [7, 11) is 0. The zero-order valence-electron chi connectivity index (χ0n) is 11.7. The first-order valence-corrected chi connectivity index (χ1v) is 7.37. The van der Waals surface area contributed by atoms with Crippen LogP contribution in [0.25, 0.3) is 0 Å². The maximum Gasteiger partial charge on any atom is 0.315 e. The van der Waals surface area contributed by atoms with Crippen molar-refractivity contribution in [2.24, 2.45) is 0 Å². The standard InChI is InChI=1S/C15H21ClN2O2/c1-11(12-4-6-13(16)7-5-12)17-14(20)18-15(10-19)8-2-3-9-15/h4-7,11,19H,2-3,8-10H2,1H3,(H2,17,18,20). The SMILES string of the molecule is CC(NC(=O)NC1(CO)CCCC1)c1ccc(Cl)cc1. The Kier molecular flexibility index (Phi) is 4.89. The lowest BCUT2D eigenvalue weighted by molar-refractivity contribution is 0.162. The van der Waals surface area contributed by atoms with Gasteiger partial charge in [-0.05, 0) is 37.5 Å². The monoisotopic (exact) mass is 296 g/mol. The van der Waals surface area contributed by atoms with Crippen LogP contribution in [0.5, 0.6) is 0 Å². The van der Waals surface area contributed by atoms with E-state index in [-0.39, 0.29) is 18.7 Å². The van der Waals surface area contributed by atoms with Crippen molar-refractivity contribution in [3.05, 3.63) is 34.9 Å². The summed E-state index contributed by atoms with van der Waals surface area (Å²) in [6, 6.07) is 7.06. The first kappa shape index (κ1) is 15.1. The van der Waals surface area contributed by atoms with Gasteiger partial charge in [0.25, 0.3) is 0 Å². The minimum atomic E-state index is -0.441. The number of halogens is 1. The molecule has 1 aromatic carbocycles. The number of hydrogen-bond donors (Lipinski definition) is 3. The summed E-state index contributed by atoms with van der Waals surface area (Å²) in [5.41, 5.74) is 0.554. The number of nitrogens with one attached hydrogen (secondary N) is 2. The van der Waals surface area contributed by atoms with Gasteiger partial charge in [0.1, 0.15) is 0 Å². The second-order valence-corrected chi connectivity index (χ2v) is 5.95. The number of urea groups is 1. The number of carbonyl (C=O) groups is 1. The van der Waals surface area contributed by atoms with E-state index in [1.54, 1.807) is 12.1 Å². The molecule has 1 fully saturated rings. The van der Waals surface area contributed by atoms with Crippen LogP contribution in [0, 0.1) is 0 Å². The highest BCUT2D eigenvalue weighted by molar-refractivity contribution is 6.30. The molecule has 0 spiro atoms. The third kappa shape index (κ3) is 3.64. The fourth-order valence-corrected chi connectivity index (χ4v) is 2.81. The molecule has 0 aromatic heterocycles. The Hall–Kier alpha value is -1.26. The summed E-state index contributed by atoms with van der Waals surface area (Å²) in [5, 5.41) is 16.0. The molecule has 1 aromatic rings. The summed E-state index contributed by atoms with van der Waals surface area (Å²) in [6.45, 7) is 1.92. The van der Waals surface area contributed by atoms with E-state index in [1.165, 1.54) is 0 Å². The van der Waals surface area contributed by atoms with Gasteiger partial charge in [0.2, 0.25) is 0 Å². The van der Waals surface area contributed by atoms with Crippen LogP contribution >= 0.6 is 11.6 Å². The molecule has 4 nitrogen and oxygen atoms in total. The van der Waals surface area contributed by atoms with Crippen LogP contribution < -0.4 is 10.6 Å². The highest BCUT2D eigenvalue weighted by Gasteiger charge is 2.34. The van der Waals surface area contributed by atoms with Crippen molar-refractivity contribution in [1.29, 1.82) is 0 Å². The van der Waals surface area contributed by atoms with Crippen LogP contribution in [0.1, 0.15) is 44.2 Å². The maximum absolute atomic E-state index is 12.1. The molecule has 110 valence electrons. The molecule has 1 saturated carbocycles. The molecule has 1 unspecified atom stereocenters. The van der Waals surface area contributed by atoms with E-state index in [1.807, 2.05) is 19.1 Å². The average molecular weight is 297 g/mol. The number of aliphatic hydroxyl groups is 1. The van der Waals surface area contributed by atoms with Crippen molar-refractivity contribution < 1.29 is 9.90 Å². The number of hydrogen-bond acceptors (Lipinski definition) is 2. The maximum atomic E-state index is 12.1. The smallest absolute Gasteiger partial charge is 0.315 e. The lowest BCUT2D eigenvalue weighted by atomic mass is 9.99. The molecule has 0 heterocycles. The van der Waals surface area contributed by atoms with Gasteiger partial charge in [0.05, 0.1) is 18.2 Å². The quantitative estimate of drug-likeness (QED) is 0.800. The first-order valence-electron chi connectivity index (χ1n) is 7.00. The van der Waals surface area contributed by atoms with E-state index in [0.717, 1.165) is 31.2 Å². The molecule has 0 saturated heterocycles. The Bertz CT molecular complexity index is 455. The lowest BCUT2D eigenvalue weighted by Gasteiger charge is -2.29. The van der Waals surface area contributed by atoms with E-state index in [4.69, 9.17) is 11.6 Å². The van der Waals surface area contributed by atoms with Gasteiger partial charge in [-0.3, -0.25) is 0 Å². The summed E-state index contributed by atoms with van der Waals surface area (Å²) in [5.74, 6) is 0. The van der Waals surface area contributed by atoms with E-state index in [9.17, 15) is 9.90 Å². The number of carbonyl (C=O) groups excluding carboxylic acids is 1. The van der Waals surface area contributed by atoms with Crippen LogP contribution in [0.4, 0.5) is 4.79 Å². The predicted octanol–water partition coefficient (Wildman–Crippen LogP) is 3.01. The van der Waals surface area contributed by atoms with Crippen molar-refractivity contribution in [3.8, 4) is 0 Å². The Morgan fingerprint density at radius 1 is 1.35 bits per heavy atom. The van der Waals surface area contributed by atoms with Gasteiger partial charge in [0.15, 0.2) is 0 Å². The number of benzene rings is 1. The van der Waals surface area contributed by atoms with Gasteiger partial charge in [-0.25, -0.2) is 4.79 Å². The zero-order chi connectivity index (χ0) is 14.6. The van der Waals surface area contributed by atoms with E-state index >= 15 is 0 Å². The Morgan fingerprint density at radius 3 is 2.50 bits per heavy atom. The highest BCUT2D eigenvalue weighted by Crippen LogP contribution is 2.29. The molecule has 2 amide bonds. The van der Waals surface area contributed by atoms with Crippen LogP contribution in [0.3, 0.4) is 0 Å². The van der Waals surface area contributed by atoms with Crippen molar-refractivity contribution in [2.45, 2.75) is 44.2 Å². The molecular formula is C15H21ClN2O2. The number of aliphatic hydroxyl groups excluding tert-OH is 1. The van der Waals surface area contributed by atoms with Crippen molar-refractivity contribution in [2.75, 3.05) is 6.61 Å². The minimum absolute atomic E-state index is 0.00422. The largest absolute Gasteiger partial charge is 0.394 e. The van der Waals surface area contributed by atoms with Gasteiger partial charge in [-0.15, -0.1) is 0 Å². The van der Waals surface area contributed by atoms with E-state index in [0.29, 0.717) is 5.02 Å². The molecule has 1 aliphatic carbocycles. The molecular weight excluding hydrogens is 276 g/mol. The predicted molar refractivity (Wildman–Crippen MR) is 79.8 cm³/mol. The third-order valence-electron chi connectivity index (χ3n) is 3.96. The van der Waals surface area contributed by atoms with E-state index in [2.05, 4.69) is 10.6 Å². The van der Waals surface area contributed by atoms with Crippen molar-refractivity contribution in [1.82, 2.24) is 10.6 Å². The summed E-state index contributed by atoms with van der Waals surface area (Å²) in [4.78, 5) is 12.1. The molecule has 0 aliphatic heterocycles. The van der Waals surface area contributed by atoms with Crippen LogP contribution in [0.2, 0.25) is 5.02 Å². The molecule has 1 aliphatic rings. The number of amides is 2. The van der Waals surface area contributed by atoms with Gasteiger partial charge < -0.3 is 15.7 Å².